The van der Waals surface area contributed by atoms with E-state index < -0.39 is 0 Å². The van der Waals surface area contributed by atoms with E-state index in [1.165, 1.54) is 0 Å². The van der Waals surface area contributed by atoms with Crippen LogP contribution in [-0.4, -0.2) is 18.1 Å². The van der Waals surface area contributed by atoms with E-state index in [9.17, 15) is 0 Å². The lowest BCUT2D eigenvalue weighted by atomic mass is 9.97. The molecule has 0 aliphatic heterocycles. The van der Waals surface area contributed by atoms with Crippen LogP contribution in [0.3, 0.4) is 0 Å². The lowest BCUT2D eigenvalue weighted by Gasteiger charge is -2.25. The number of hydrogen-bond acceptors (Lipinski definition) is 2. The molecule has 72 valence electrons. The largest absolute Gasteiger partial charge is 0.269 e. The third-order valence-corrected chi connectivity index (χ3v) is 1.53. The van der Waals surface area contributed by atoms with Crippen LogP contribution in [0.15, 0.2) is 12.7 Å². The molecule has 0 unspecified atom stereocenters. The van der Waals surface area contributed by atoms with E-state index in [2.05, 4.69) is 27.4 Å². The Morgan fingerprint density at radius 3 is 2.42 bits per heavy atom. The number of hydrogen-bond donors (Lipinski definition) is 1. The van der Waals surface area contributed by atoms with Crippen molar-refractivity contribution in [3.63, 3.8) is 0 Å². The van der Waals surface area contributed by atoms with E-state index in [0.29, 0.717) is 5.41 Å². The molecule has 0 spiro atoms. The molecule has 0 bridgehead atoms. The van der Waals surface area contributed by atoms with Crippen molar-refractivity contribution in [2.75, 3.05) is 13.1 Å². The molecule has 0 saturated heterocycles. The van der Waals surface area contributed by atoms with E-state index in [0.717, 1.165) is 25.9 Å². The molecule has 2 nitrogen and oxygen atoms in total. The molecule has 0 atom stereocenters. The summed E-state index contributed by atoms with van der Waals surface area (Å²) in [6, 6.07) is 0. The first-order chi connectivity index (χ1) is 5.45. The standard InChI is InChI=1S/C10H22N2/c1-5-6-7-8-12(11)9-10(2,3)4/h5H,1,6-9,11H2,2-4H3. The Hall–Kier alpha value is -0.340. The molecule has 0 aliphatic rings. The van der Waals surface area contributed by atoms with Crippen LogP contribution in [0, 0.1) is 5.41 Å². The molecule has 0 fully saturated rings. The fraction of sp³-hybridized carbons (Fsp3) is 0.800. The molecular formula is C10H22N2. The van der Waals surface area contributed by atoms with Crippen molar-refractivity contribution in [1.82, 2.24) is 5.01 Å². The van der Waals surface area contributed by atoms with Gasteiger partial charge >= 0.3 is 0 Å². The smallest absolute Gasteiger partial charge is 0.0177 e. The van der Waals surface area contributed by atoms with Crippen LogP contribution >= 0.6 is 0 Å². The van der Waals surface area contributed by atoms with E-state index in [1.807, 2.05) is 11.1 Å². The Balaban J connectivity index is 3.46. The fourth-order valence-corrected chi connectivity index (χ4v) is 1.13. The topological polar surface area (TPSA) is 29.3 Å². The van der Waals surface area contributed by atoms with Crippen LogP contribution in [0.4, 0.5) is 0 Å². The van der Waals surface area contributed by atoms with Gasteiger partial charge < -0.3 is 0 Å². The van der Waals surface area contributed by atoms with Gasteiger partial charge in [-0.25, -0.2) is 5.01 Å². The van der Waals surface area contributed by atoms with Crippen molar-refractivity contribution in [2.24, 2.45) is 11.3 Å². The van der Waals surface area contributed by atoms with Gasteiger partial charge in [0, 0.05) is 13.1 Å². The second-order valence-electron chi connectivity index (χ2n) is 4.46. The van der Waals surface area contributed by atoms with Gasteiger partial charge in [-0.15, -0.1) is 6.58 Å². The number of hydrazine groups is 1. The van der Waals surface area contributed by atoms with Gasteiger partial charge in [0.1, 0.15) is 0 Å². The van der Waals surface area contributed by atoms with Crippen LogP contribution in [0.2, 0.25) is 0 Å². The van der Waals surface area contributed by atoms with E-state index in [-0.39, 0.29) is 0 Å². The van der Waals surface area contributed by atoms with Gasteiger partial charge in [-0.05, 0) is 18.3 Å². The summed E-state index contributed by atoms with van der Waals surface area (Å²) in [5, 5.41) is 1.89. The fourth-order valence-electron chi connectivity index (χ4n) is 1.13. The normalized spacial score (nSPS) is 12.1. The molecule has 12 heavy (non-hydrogen) atoms. The van der Waals surface area contributed by atoms with Crippen molar-refractivity contribution in [2.45, 2.75) is 33.6 Å². The summed E-state index contributed by atoms with van der Waals surface area (Å²) in [5.74, 6) is 5.80. The SMILES string of the molecule is C=CCCCN(N)CC(C)(C)C. The lowest BCUT2D eigenvalue weighted by molar-refractivity contribution is 0.193. The van der Waals surface area contributed by atoms with Crippen LogP contribution < -0.4 is 5.84 Å². The quantitative estimate of drug-likeness (QED) is 0.296. The summed E-state index contributed by atoms with van der Waals surface area (Å²) in [7, 11) is 0. The summed E-state index contributed by atoms with van der Waals surface area (Å²) in [5.41, 5.74) is 0.295. The molecular weight excluding hydrogens is 148 g/mol. The third-order valence-electron chi connectivity index (χ3n) is 1.53. The first kappa shape index (κ1) is 11.7. The number of allylic oxidation sites excluding steroid dienone is 1. The van der Waals surface area contributed by atoms with Crippen LogP contribution in [0.25, 0.3) is 0 Å². The second-order valence-corrected chi connectivity index (χ2v) is 4.46. The van der Waals surface area contributed by atoms with Gasteiger partial charge in [0.15, 0.2) is 0 Å². The highest BCUT2D eigenvalue weighted by Gasteiger charge is 2.12. The summed E-state index contributed by atoms with van der Waals surface area (Å²) in [6.45, 7) is 12.2. The maximum atomic E-state index is 5.80. The van der Waals surface area contributed by atoms with Crippen molar-refractivity contribution in [3.05, 3.63) is 12.7 Å². The lowest BCUT2D eigenvalue weighted by Crippen LogP contribution is -2.38. The van der Waals surface area contributed by atoms with E-state index >= 15 is 0 Å². The molecule has 0 aliphatic carbocycles. The highest BCUT2D eigenvalue weighted by Crippen LogP contribution is 2.13. The summed E-state index contributed by atoms with van der Waals surface area (Å²) in [6.07, 6.45) is 4.10. The minimum atomic E-state index is 0.295. The molecule has 0 aromatic rings. The Bertz CT molecular complexity index is 124. The Morgan fingerprint density at radius 2 is 2.00 bits per heavy atom. The Labute approximate surface area is 76.4 Å². The molecule has 0 amide bonds. The maximum Gasteiger partial charge on any atom is 0.0177 e. The Morgan fingerprint density at radius 1 is 1.42 bits per heavy atom. The van der Waals surface area contributed by atoms with Crippen molar-refractivity contribution in [3.8, 4) is 0 Å². The zero-order valence-corrected chi connectivity index (χ0v) is 8.64. The predicted octanol–water partition coefficient (Wildman–Crippen LogP) is 2.17. The van der Waals surface area contributed by atoms with Gasteiger partial charge in [0.05, 0.1) is 0 Å². The molecule has 0 rings (SSSR count). The minimum Gasteiger partial charge on any atom is -0.269 e. The van der Waals surface area contributed by atoms with Gasteiger partial charge in [0.2, 0.25) is 0 Å². The molecule has 0 aromatic carbocycles. The van der Waals surface area contributed by atoms with Gasteiger partial charge in [0.25, 0.3) is 0 Å². The third kappa shape index (κ3) is 7.76. The predicted molar refractivity (Wildman–Crippen MR) is 54.6 cm³/mol. The highest BCUT2D eigenvalue weighted by molar-refractivity contribution is 4.69. The zero-order chi connectivity index (χ0) is 9.61. The van der Waals surface area contributed by atoms with Gasteiger partial charge in [-0.1, -0.05) is 26.8 Å². The summed E-state index contributed by atoms with van der Waals surface area (Å²) < 4.78 is 0. The van der Waals surface area contributed by atoms with E-state index in [4.69, 9.17) is 5.84 Å². The molecule has 0 radical (unpaired) electrons. The van der Waals surface area contributed by atoms with Crippen LogP contribution in [-0.2, 0) is 0 Å². The number of nitrogens with zero attached hydrogens (tertiary/aromatic N) is 1. The average molecular weight is 170 g/mol. The average Bonchev–Trinajstić information content (AvgIpc) is 1.84. The molecule has 2 heteroatoms. The number of nitrogens with two attached hydrogens (primary N) is 1. The van der Waals surface area contributed by atoms with Crippen molar-refractivity contribution < 1.29 is 0 Å². The second kappa shape index (κ2) is 5.33. The molecule has 0 aromatic heterocycles. The zero-order valence-electron chi connectivity index (χ0n) is 8.64. The maximum absolute atomic E-state index is 5.80. The molecule has 0 heterocycles. The van der Waals surface area contributed by atoms with Gasteiger partial charge in [-0.2, -0.15) is 0 Å². The Kier molecular flexibility index (Phi) is 5.18. The van der Waals surface area contributed by atoms with Crippen LogP contribution in [0.5, 0.6) is 0 Å². The van der Waals surface area contributed by atoms with Crippen LogP contribution in [0.1, 0.15) is 33.6 Å². The summed E-state index contributed by atoms with van der Waals surface area (Å²) in [4.78, 5) is 0. The molecule has 0 saturated carbocycles. The van der Waals surface area contributed by atoms with Gasteiger partial charge in [-0.3, -0.25) is 5.84 Å². The van der Waals surface area contributed by atoms with Crippen molar-refractivity contribution >= 4 is 0 Å². The molecule has 2 N–H and O–H groups in total. The highest BCUT2D eigenvalue weighted by atomic mass is 15.4. The van der Waals surface area contributed by atoms with E-state index in [1.54, 1.807) is 0 Å². The first-order valence-electron chi connectivity index (χ1n) is 4.56. The number of rotatable bonds is 5. The number of unbranched alkanes of at least 4 members (excludes halogenated alkanes) is 1. The van der Waals surface area contributed by atoms with Crippen molar-refractivity contribution in [1.29, 1.82) is 0 Å². The minimum absolute atomic E-state index is 0.295. The monoisotopic (exact) mass is 170 g/mol. The first-order valence-corrected chi connectivity index (χ1v) is 4.56. The summed E-state index contributed by atoms with van der Waals surface area (Å²) >= 11 is 0.